The number of nitrogens with zero attached hydrogens (tertiary/aromatic N) is 1. The van der Waals surface area contributed by atoms with E-state index in [-0.39, 0.29) is 10.8 Å². The second-order valence-corrected chi connectivity index (χ2v) is 8.54. The minimum atomic E-state index is -3.32. The van der Waals surface area contributed by atoms with Crippen LogP contribution in [0.3, 0.4) is 0 Å². The Morgan fingerprint density at radius 2 is 1.85 bits per heavy atom. The summed E-state index contributed by atoms with van der Waals surface area (Å²) in [6.07, 6.45) is 2.80. The number of rotatable bonds is 4. The number of benzene rings is 2. The van der Waals surface area contributed by atoms with Crippen LogP contribution in [0.2, 0.25) is 5.02 Å². The maximum absolute atomic E-state index is 12.6. The van der Waals surface area contributed by atoms with Crippen molar-refractivity contribution in [3.8, 4) is 11.3 Å². The molecule has 138 valence electrons. The molecule has 3 rings (SSSR count). The third-order valence-electron chi connectivity index (χ3n) is 4.04. The number of aromatic nitrogens is 1. The third-order valence-corrected chi connectivity index (χ3v) is 5.48. The lowest BCUT2D eigenvalue weighted by Gasteiger charge is -2.11. The van der Waals surface area contributed by atoms with E-state index in [1.807, 2.05) is 18.2 Å². The number of carbonyl (C=O) groups excluding carboxylic acids is 1. The molecule has 0 aliphatic carbocycles. The van der Waals surface area contributed by atoms with Crippen LogP contribution in [-0.2, 0) is 9.84 Å². The predicted octanol–water partition coefficient (Wildman–Crippen LogP) is 4.37. The van der Waals surface area contributed by atoms with Gasteiger partial charge in [-0.05, 0) is 61.0 Å². The topological polar surface area (TPSA) is 76.1 Å². The molecule has 0 atom stereocenters. The maximum Gasteiger partial charge on any atom is 0.255 e. The van der Waals surface area contributed by atoms with E-state index < -0.39 is 9.84 Å². The van der Waals surface area contributed by atoms with Crippen molar-refractivity contribution in [1.29, 1.82) is 0 Å². The van der Waals surface area contributed by atoms with E-state index in [0.717, 1.165) is 6.26 Å². The van der Waals surface area contributed by atoms with E-state index in [2.05, 4.69) is 10.3 Å². The third kappa shape index (κ3) is 4.35. The minimum Gasteiger partial charge on any atom is -0.322 e. The van der Waals surface area contributed by atoms with E-state index in [4.69, 9.17) is 11.6 Å². The Kier molecular flexibility index (Phi) is 5.30. The van der Waals surface area contributed by atoms with Gasteiger partial charge >= 0.3 is 0 Å². The van der Waals surface area contributed by atoms with Crippen molar-refractivity contribution in [3.05, 3.63) is 76.9 Å². The molecule has 1 N–H and O–H groups in total. The van der Waals surface area contributed by atoms with E-state index in [0.29, 0.717) is 33.1 Å². The number of aryl methyl sites for hydroxylation is 1. The zero-order valence-electron chi connectivity index (χ0n) is 14.7. The van der Waals surface area contributed by atoms with Crippen molar-refractivity contribution in [3.63, 3.8) is 0 Å². The molecule has 1 aromatic heterocycles. The number of halogens is 1. The molecule has 5 nitrogen and oxygen atoms in total. The summed E-state index contributed by atoms with van der Waals surface area (Å²) in [5.74, 6) is -0.332. The second kappa shape index (κ2) is 7.50. The monoisotopic (exact) mass is 400 g/mol. The molecule has 3 aromatic rings. The van der Waals surface area contributed by atoms with Gasteiger partial charge < -0.3 is 5.32 Å². The molecule has 0 saturated heterocycles. The largest absolute Gasteiger partial charge is 0.322 e. The Labute approximate surface area is 163 Å². The number of hydrogen-bond donors (Lipinski definition) is 1. The van der Waals surface area contributed by atoms with Gasteiger partial charge in [-0.2, -0.15) is 0 Å². The summed E-state index contributed by atoms with van der Waals surface area (Å²) in [5, 5.41) is 3.35. The molecule has 0 aliphatic rings. The van der Waals surface area contributed by atoms with Crippen LogP contribution in [0.5, 0.6) is 0 Å². The number of pyridine rings is 1. The van der Waals surface area contributed by atoms with Crippen LogP contribution in [0.4, 0.5) is 5.69 Å². The zero-order valence-corrected chi connectivity index (χ0v) is 16.3. The standard InChI is InChI=1S/C20H17ClN2O3S/c1-13-11-15(27(2,25)26)7-8-16(13)20(24)23-14-6-9-18(21)17(12-14)19-5-3-4-10-22-19/h3-12H,1-2H3,(H,23,24). The van der Waals surface area contributed by atoms with Crippen molar-refractivity contribution >= 4 is 33.0 Å². The molecule has 0 radical (unpaired) electrons. The van der Waals surface area contributed by atoms with Crippen LogP contribution in [0.1, 0.15) is 15.9 Å². The smallest absolute Gasteiger partial charge is 0.255 e. The van der Waals surface area contributed by atoms with Crippen molar-refractivity contribution in [1.82, 2.24) is 4.98 Å². The molecule has 27 heavy (non-hydrogen) atoms. The Hall–Kier alpha value is -2.70. The number of hydrogen-bond acceptors (Lipinski definition) is 4. The lowest BCUT2D eigenvalue weighted by Crippen LogP contribution is -2.14. The van der Waals surface area contributed by atoms with Crippen molar-refractivity contribution in [2.75, 3.05) is 11.6 Å². The van der Waals surface area contributed by atoms with E-state index in [1.54, 1.807) is 31.3 Å². The SMILES string of the molecule is Cc1cc(S(C)(=O)=O)ccc1C(=O)Nc1ccc(Cl)c(-c2ccccn2)c1. The molecule has 0 spiro atoms. The molecule has 2 aromatic carbocycles. The van der Waals surface area contributed by atoms with Crippen molar-refractivity contribution in [2.45, 2.75) is 11.8 Å². The number of sulfone groups is 1. The normalized spacial score (nSPS) is 11.2. The summed E-state index contributed by atoms with van der Waals surface area (Å²) in [7, 11) is -3.32. The highest BCUT2D eigenvalue weighted by atomic mass is 35.5. The summed E-state index contributed by atoms with van der Waals surface area (Å²) in [6.45, 7) is 1.70. The summed E-state index contributed by atoms with van der Waals surface area (Å²) in [5.41, 5.74) is 2.95. The van der Waals surface area contributed by atoms with Gasteiger partial charge in [0.2, 0.25) is 0 Å². The van der Waals surface area contributed by atoms with Crippen molar-refractivity contribution < 1.29 is 13.2 Å². The van der Waals surface area contributed by atoms with Crippen LogP contribution in [0.25, 0.3) is 11.3 Å². The van der Waals surface area contributed by atoms with Gasteiger partial charge in [-0.25, -0.2) is 8.42 Å². The predicted molar refractivity (Wildman–Crippen MR) is 107 cm³/mol. The first-order chi connectivity index (χ1) is 12.8. The highest BCUT2D eigenvalue weighted by Gasteiger charge is 2.14. The van der Waals surface area contributed by atoms with Crippen molar-refractivity contribution in [2.24, 2.45) is 0 Å². The number of amides is 1. The van der Waals surface area contributed by atoms with Crippen LogP contribution in [0.15, 0.2) is 65.7 Å². The molecule has 1 amide bonds. The molecule has 7 heteroatoms. The van der Waals surface area contributed by atoms with E-state index in [9.17, 15) is 13.2 Å². The molecule has 0 aliphatic heterocycles. The Morgan fingerprint density at radius 1 is 1.07 bits per heavy atom. The first-order valence-corrected chi connectivity index (χ1v) is 10.4. The van der Waals surface area contributed by atoms with Gasteiger partial charge in [-0.3, -0.25) is 9.78 Å². The van der Waals surface area contributed by atoms with Gasteiger partial charge in [-0.1, -0.05) is 17.7 Å². The highest BCUT2D eigenvalue weighted by molar-refractivity contribution is 7.90. The molecule has 0 bridgehead atoms. The molecule has 0 unspecified atom stereocenters. The average molecular weight is 401 g/mol. The number of anilines is 1. The fourth-order valence-electron chi connectivity index (χ4n) is 2.64. The second-order valence-electron chi connectivity index (χ2n) is 6.11. The average Bonchev–Trinajstić information content (AvgIpc) is 2.63. The van der Waals surface area contributed by atoms with Gasteiger partial charge in [0.05, 0.1) is 15.6 Å². The van der Waals surface area contributed by atoms with Crippen LogP contribution < -0.4 is 5.32 Å². The van der Waals surface area contributed by atoms with Crippen LogP contribution >= 0.6 is 11.6 Å². The summed E-state index contributed by atoms with van der Waals surface area (Å²) < 4.78 is 23.3. The Bertz CT molecular complexity index is 1110. The molecular formula is C20H17ClN2O3S. The zero-order chi connectivity index (χ0) is 19.6. The highest BCUT2D eigenvalue weighted by Crippen LogP contribution is 2.29. The molecule has 0 saturated carbocycles. The van der Waals surface area contributed by atoms with Gasteiger partial charge in [-0.15, -0.1) is 0 Å². The fourth-order valence-corrected chi connectivity index (χ4v) is 3.56. The van der Waals surface area contributed by atoms with Gasteiger partial charge in [0.25, 0.3) is 5.91 Å². The lowest BCUT2D eigenvalue weighted by molar-refractivity contribution is 0.102. The number of carbonyl (C=O) groups is 1. The number of nitrogens with one attached hydrogen (secondary N) is 1. The van der Waals surface area contributed by atoms with E-state index >= 15 is 0 Å². The quantitative estimate of drug-likeness (QED) is 0.705. The lowest BCUT2D eigenvalue weighted by atomic mass is 10.1. The van der Waals surface area contributed by atoms with Gasteiger partial charge in [0, 0.05) is 29.3 Å². The van der Waals surface area contributed by atoms with Gasteiger partial charge in [0.1, 0.15) is 0 Å². The minimum absolute atomic E-state index is 0.181. The van der Waals surface area contributed by atoms with Gasteiger partial charge in [0.15, 0.2) is 9.84 Å². The van der Waals surface area contributed by atoms with E-state index in [1.165, 1.54) is 18.2 Å². The molecule has 1 heterocycles. The summed E-state index contributed by atoms with van der Waals surface area (Å²) >= 11 is 6.26. The summed E-state index contributed by atoms with van der Waals surface area (Å²) in [6, 6.07) is 15.1. The molecular weight excluding hydrogens is 384 g/mol. The van der Waals surface area contributed by atoms with Crippen LogP contribution in [-0.4, -0.2) is 25.6 Å². The summed E-state index contributed by atoms with van der Waals surface area (Å²) in [4.78, 5) is 17.1. The fraction of sp³-hybridized carbons (Fsp3) is 0.100. The first-order valence-electron chi connectivity index (χ1n) is 8.09. The molecule has 0 fully saturated rings. The first kappa shape index (κ1) is 19.1. The maximum atomic E-state index is 12.6. The Balaban J connectivity index is 1.89. The van der Waals surface area contributed by atoms with Crippen LogP contribution in [0, 0.1) is 6.92 Å². The Morgan fingerprint density at radius 3 is 2.48 bits per heavy atom.